The van der Waals surface area contributed by atoms with Crippen LogP contribution in [0.3, 0.4) is 0 Å². The molecule has 0 aromatic heterocycles. The summed E-state index contributed by atoms with van der Waals surface area (Å²) in [5, 5.41) is 1.73. The Balaban J connectivity index is 2.26. The smallest absolute Gasteiger partial charge is 0.261 e. The molecule has 102 valence electrons. The molecule has 2 aromatic rings. The van der Waals surface area contributed by atoms with Gasteiger partial charge in [0.2, 0.25) is 0 Å². The van der Waals surface area contributed by atoms with Crippen molar-refractivity contribution in [3.8, 4) is 0 Å². The van der Waals surface area contributed by atoms with E-state index >= 15 is 0 Å². The summed E-state index contributed by atoms with van der Waals surface area (Å²) in [4.78, 5) is 26.7. The first kappa shape index (κ1) is 12.9. The van der Waals surface area contributed by atoms with E-state index in [-0.39, 0.29) is 23.8 Å². The van der Waals surface area contributed by atoms with E-state index in [1.54, 1.807) is 12.1 Å². The zero-order valence-corrected chi connectivity index (χ0v) is 11.9. The Morgan fingerprint density at radius 3 is 1.80 bits per heavy atom. The number of imide groups is 1. The second-order valence-electron chi connectivity index (χ2n) is 5.67. The van der Waals surface area contributed by atoms with Gasteiger partial charge < -0.3 is 0 Å². The summed E-state index contributed by atoms with van der Waals surface area (Å²) in [7, 11) is 0. The minimum atomic E-state index is -0.180. The Labute approximate surface area is 118 Å². The normalized spacial score (nSPS) is 16.1. The summed E-state index contributed by atoms with van der Waals surface area (Å²) < 4.78 is 0. The number of hydrogen-bond acceptors (Lipinski definition) is 2. The molecule has 2 amide bonds. The number of amides is 2. The third kappa shape index (κ3) is 1.66. The lowest BCUT2D eigenvalue weighted by Gasteiger charge is -2.33. The highest BCUT2D eigenvalue weighted by molar-refractivity contribution is 6.25. The van der Waals surface area contributed by atoms with Gasteiger partial charge in [-0.05, 0) is 30.4 Å². The van der Waals surface area contributed by atoms with Gasteiger partial charge in [-0.2, -0.15) is 0 Å². The topological polar surface area (TPSA) is 37.4 Å². The van der Waals surface area contributed by atoms with E-state index in [1.807, 2.05) is 45.0 Å². The molecule has 1 atom stereocenters. The summed E-state index contributed by atoms with van der Waals surface area (Å²) >= 11 is 0. The maximum Gasteiger partial charge on any atom is 0.261 e. The van der Waals surface area contributed by atoms with Crippen LogP contribution < -0.4 is 0 Å². The van der Waals surface area contributed by atoms with Crippen molar-refractivity contribution in [3.05, 3.63) is 47.5 Å². The highest BCUT2D eigenvalue weighted by Gasteiger charge is 2.36. The van der Waals surface area contributed by atoms with Crippen molar-refractivity contribution in [1.29, 1.82) is 0 Å². The van der Waals surface area contributed by atoms with Crippen LogP contribution in [-0.4, -0.2) is 22.8 Å². The summed E-state index contributed by atoms with van der Waals surface area (Å²) in [6.07, 6.45) is 0. The largest absolute Gasteiger partial charge is 0.271 e. The van der Waals surface area contributed by atoms with E-state index in [0.29, 0.717) is 11.1 Å². The highest BCUT2D eigenvalue weighted by atomic mass is 16.2. The van der Waals surface area contributed by atoms with Crippen molar-refractivity contribution in [1.82, 2.24) is 4.90 Å². The first-order chi connectivity index (χ1) is 9.52. The average molecular weight is 267 g/mol. The van der Waals surface area contributed by atoms with E-state index < -0.39 is 0 Å². The van der Waals surface area contributed by atoms with Gasteiger partial charge in [0.1, 0.15) is 0 Å². The van der Waals surface area contributed by atoms with Crippen LogP contribution in [0.2, 0.25) is 0 Å². The Morgan fingerprint density at radius 2 is 1.35 bits per heavy atom. The number of hydrogen-bond donors (Lipinski definition) is 0. The molecule has 0 unspecified atom stereocenters. The van der Waals surface area contributed by atoms with Crippen molar-refractivity contribution in [2.24, 2.45) is 5.92 Å². The fraction of sp³-hybridized carbons (Fsp3) is 0.294. The molecule has 20 heavy (non-hydrogen) atoms. The Morgan fingerprint density at radius 1 is 0.850 bits per heavy atom. The zero-order chi connectivity index (χ0) is 14.4. The van der Waals surface area contributed by atoms with Crippen LogP contribution in [0.1, 0.15) is 41.5 Å². The molecule has 0 bridgehead atoms. The number of benzene rings is 2. The van der Waals surface area contributed by atoms with Gasteiger partial charge >= 0.3 is 0 Å². The van der Waals surface area contributed by atoms with Gasteiger partial charge in [-0.1, -0.05) is 38.1 Å². The first-order valence-electron chi connectivity index (χ1n) is 6.92. The van der Waals surface area contributed by atoms with Crippen molar-refractivity contribution in [2.45, 2.75) is 26.8 Å². The predicted octanol–water partition coefficient (Wildman–Crippen LogP) is 3.48. The third-order valence-corrected chi connectivity index (χ3v) is 4.18. The maximum atomic E-state index is 12.7. The van der Waals surface area contributed by atoms with Crippen LogP contribution in [-0.2, 0) is 0 Å². The van der Waals surface area contributed by atoms with Gasteiger partial charge in [0.05, 0.1) is 0 Å². The van der Waals surface area contributed by atoms with Crippen molar-refractivity contribution in [3.63, 3.8) is 0 Å². The molecule has 0 N–H and O–H groups in total. The molecule has 2 aromatic carbocycles. The van der Waals surface area contributed by atoms with E-state index in [0.717, 1.165) is 10.8 Å². The molecule has 1 heterocycles. The molecular weight excluding hydrogens is 250 g/mol. The molecule has 1 aliphatic rings. The maximum absolute atomic E-state index is 12.7. The van der Waals surface area contributed by atoms with Gasteiger partial charge in [0.25, 0.3) is 11.8 Å². The first-order valence-corrected chi connectivity index (χ1v) is 6.92. The lowest BCUT2D eigenvalue weighted by Crippen LogP contribution is -2.47. The minimum Gasteiger partial charge on any atom is -0.271 e. The molecule has 0 spiro atoms. The molecule has 0 aliphatic carbocycles. The van der Waals surface area contributed by atoms with Crippen molar-refractivity contribution < 1.29 is 9.59 Å². The summed E-state index contributed by atoms with van der Waals surface area (Å²) in [5.41, 5.74) is 1.26. The van der Waals surface area contributed by atoms with Gasteiger partial charge in [-0.3, -0.25) is 14.5 Å². The second-order valence-corrected chi connectivity index (χ2v) is 5.67. The number of nitrogens with zero attached hydrogens (tertiary/aromatic N) is 1. The number of rotatable bonds is 2. The molecule has 0 saturated heterocycles. The Bertz CT molecular complexity index is 667. The number of carbonyl (C=O) groups is 2. The van der Waals surface area contributed by atoms with E-state index in [4.69, 9.17) is 0 Å². The summed E-state index contributed by atoms with van der Waals surface area (Å²) in [6.45, 7) is 5.97. The van der Waals surface area contributed by atoms with Crippen LogP contribution in [0.4, 0.5) is 0 Å². The van der Waals surface area contributed by atoms with Gasteiger partial charge in [-0.25, -0.2) is 0 Å². The molecule has 0 saturated carbocycles. The SMILES string of the molecule is CC(C)[C@@H](C)N1C(=O)c2cccc3cccc(c23)C1=O. The molecular formula is C17H17NO2. The lowest BCUT2D eigenvalue weighted by molar-refractivity contribution is 0.0513. The van der Waals surface area contributed by atoms with Crippen molar-refractivity contribution >= 4 is 22.6 Å². The fourth-order valence-electron chi connectivity index (χ4n) is 2.72. The lowest BCUT2D eigenvalue weighted by atomic mass is 9.92. The zero-order valence-electron chi connectivity index (χ0n) is 11.9. The number of carbonyl (C=O) groups excluding carboxylic acids is 2. The quantitative estimate of drug-likeness (QED) is 0.781. The van der Waals surface area contributed by atoms with E-state index in [9.17, 15) is 9.59 Å². The van der Waals surface area contributed by atoms with Crippen LogP contribution >= 0.6 is 0 Å². The van der Waals surface area contributed by atoms with Gasteiger partial charge in [0, 0.05) is 22.6 Å². The molecule has 1 aliphatic heterocycles. The van der Waals surface area contributed by atoms with Gasteiger partial charge in [-0.15, -0.1) is 0 Å². The summed E-state index contributed by atoms with van der Waals surface area (Å²) in [6, 6.07) is 11.1. The van der Waals surface area contributed by atoms with Gasteiger partial charge in [0.15, 0.2) is 0 Å². The van der Waals surface area contributed by atoms with E-state index in [2.05, 4.69) is 0 Å². The molecule has 3 nitrogen and oxygen atoms in total. The highest BCUT2D eigenvalue weighted by Crippen LogP contribution is 2.31. The van der Waals surface area contributed by atoms with Crippen LogP contribution in [0.5, 0.6) is 0 Å². The molecule has 0 fully saturated rings. The molecule has 0 radical (unpaired) electrons. The van der Waals surface area contributed by atoms with Crippen molar-refractivity contribution in [2.75, 3.05) is 0 Å². The third-order valence-electron chi connectivity index (χ3n) is 4.18. The summed E-state index contributed by atoms with van der Waals surface area (Å²) in [5.74, 6) is -0.131. The molecule has 3 rings (SSSR count). The minimum absolute atomic E-state index is 0.112. The van der Waals surface area contributed by atoms with Crippen LogP contribution in [0.25, 0.3) is 10.8 Å². The Kier molecular flexibility index (Phi) is 2.85. The van der Waals surface area contributed by atoms with Crippen LogP contribution in [0.15, 0.2) is 36.4 Å². The fourth-order valence-corrected chi connectivity index (χ4v) is 2.72. The standard InChI is InChI=1S/C17H17NO2/c1-10(2)11(3)18-16(19)13-8-4-6-12-7-5-9-14(15(12)13)17(18)20/h4-11H,1-3H3/t11-/m1/s1. The monoisotopic (exact) mass is 267 g/mol. The molecule has 3 heteroatoms. The average Bonchev–Trinajstić information content (AvgIpc) is 2.44. The van der Waals surface area contributed by atoms with E-state index in [1.165, 1.54) is 4.90 Å². The van der Waals surface area contributed by atoms with Crippen LogP contribution in [0, 0.1) is 5.92 Å². The Hall–Kier alpha value is -2.16. The predicted molar refractivity (Wildman–Crippen MR) is 78.7 cm³/mol. The second kappa shape index (κ2) is 4.44.